The molecule has 1 atom stereocenters. The van der Waals surface area contributed by atoms with E-state index in [-0.39, 0.29) is 0 Å². The van der Waals surface area contributed by atoms with Gasteiger partial charge in [-0.2, -0.15) is 0 Å². The van der Waals surface area contributed by atoms with Crippen molar-refractivity contribution in [1.29, 1.82) is 0 Å². The van der Waals surface area contributed by atoms with Gasteiger partial charge in [0.25, 0.3) is 0 Å². The molecule has 3 heteroatoms. The molecule has 3 nitrogen and oxygen atoms in total. The summed E-state index contributed by atoms with van der Waals surface area (Å²) in [6, 6.07) is 8.36. The maximum absolute atomic E-state index is 5.51. The van der Waals surface area contributed by atoms with Gasteiger partial charge in [-0.1, -0.05) is 19.1 Å². The van der Waals surface area contributed by atoms with Crippen molar-refractivity contribution in [2.45, 2.75) is 20.3 Å². The molecule has 0 aliphatic rings. The largest absolute Gasteiger partial charge is 0.494 e. The number of ether oxygens (including phenoxy) is 2. The molecule has 0 amide bonds. The summed E-state index contributed by atoms with van der Waals surface area (Å²) in [7, 11) is 1.73. The van der Waals surface area contributed by atoms with Gasteiger partial charge < -0.3 is 14.8 Å². The molecule has 1 unspecified atom stereocenters. The molecule has 0 fully saturated rings. The summed E-state index contributed by atoms with van der Waals surface area (Å²) < 4.78 is 10.5. The van der Waals surface area contributed by atoms with Gasteiger partial charge in [-0.25, -0.2) is 0 Å². The molecule has 0 aliphatic carbocycles. The average Bonchev–Trinajstić information content (AvgIpc) is 2.35. The fourth-order valence-corrected chi connectivity index (χ4v) is 1.93. The third-order valence-corrected chi connectivity index (χ3v) is 2.77. The molecule has 1 aromatic carbocycles. The SMILES string of the molecule is CCOc1cccc(CC(C)CNCCOC)c1. The molecular formula is C15H25NO2. The third-order valence-electron chi connectivity index (χ3n) is 2.77. The van der Waals surface area contributed by atoms with Crippen LogP contribution in [0.3, 0.4) is 0 Å². The molecule has 102 valence electrons. The highest BCUT2D eigenvalue weighted by atomic mass is 16.5. The van der Waals surface area contributed by atoms with Crippen molar-refractivity contribution in [1.82, 2.24) is 5.32 Å². The Morgan fingerprint density at radius 3 is 2.89 bits per heavy atom. The molecule has 0 saturated carbocycles. The van der Waals surface area contributed by atoms with Crippen molar-refractivity contribution in [3.8, 4) is 5.75 Å². The van der Waals surface area contributed by atoms with E-state index in [0.717, 1.165) is 38.5 Å². The Morgan fingerprint density at radius 2 is 2.17 bits per heavy atom. The van der Waals surface area contributed by atoms with Gasteiger partial charge in [0.1, 0.15) is 5.75 Å². The highest BCUT2D eigenvalue weighted by Gasteiger charge is 2.04. The first-order valence-electron chi connectivity index (χ1n) is 6.67. The van der Waals surface area contributed by atoms with Crippen LogP contribution in [-0.2, 0) is 11.2 Å². The fraction of sp³-hybridized carbons (Fsp3) is 0.600. The molecule has 0 aromatic heterocycles. The predicted molar refractivity (Wildman–Crippen MR) is 75.2 cm³/mol. The van der Waals surface area contributed by atoms with E-state index in [1.54, 1.807) is 7.11 Å². The van der Waals surface area contributed by atoms with Crippen LogP contribution in [0.25, 0.3) is 0 Å². The molecule has 0 heterocycles. The lowest BCUT2D eigenvalue weighted by molar-refractivity contribution is 0.198. The van der Waals surface area contributed by atoms with Crippen molar-refractivity contribution >= 4 is 0 Å². The van der Waals surface area contributed by atoms with Gasteiger partial charge >= 0.3 is 0 Å². The van der Waals surface area contributed by atoms with Gasteiger partial charge in [-0.15, -0.1) is 0 Å². The van der Waals surface area contributed by atoms with E-state index in [2.05, 4.69) is 30.4 Å². The van der Waals surface area contributed by atoms with Crippen LogP contribution in [0.4, 0.5) is 0 Å². The first-order valence-corrected chi connectivity index (χ1v) is 6.67. The second-order valence-corrected chi connectivity index (χ2v) is 4.59. The van der Waals surface area contributed by atoms with Crippen LogP contribution in [0.2, 0.25) is 0 Å². The van der Waals surface area contributed by atoms with E-state index in [9.17, 15) is 0 Å². The summed E-state index contributed by atoms with van der Waals surface area (Å²) in [4.78, 5) is 0. The number of rotatable bonds is 9. The van der Waals surface area contributed by atoms with E-state index in [1.807, 2.05) is 13.0 Å². The third kappa shape index (κ3) is 6.03. The summed E-state index contributed by atoms with van der Waals surface area (Å²) in [5.74, 6) is 1.58. The summed E-state index contributed by atoms with van der Waals surface area (Å²) in [6.45, 7) is 7.69. The molecule has 18 heavy (non-hydrogen) atoms. The summed E-state index contributed by atoms with van der Waals surface area (Å²) in [5.41, 5.74) is 1.34. The Balaban J connectivity index is 2.34. The Hall–Kier alpha value is -1.06. The van der Waals surface area contributed by atoms with E-state index in [4.69, 9.17) is 9.47 Å². The first kappa shape index (κ1) is 15.0. The minimum Gasteiger partial charge on any atom is -0.494 e. The zero-order valence-corrected chi connectivity index (χ0v) is 11.7. The Kier molecular flexibility index (Phi) is 7.46. The maximum atomic E-state index is 5.51. The smallest absolute Gasteiger partial charge is 0.119 e. The quantitative estimate of drug-likeness (QED) is 0.684. The van der Waals surface area contributed by atoms with E-state index in [0.29, 0.717) is 5.92 Å². The number of hydrogen-bond acceptors (Lipinski definition) is 3. The van der Waals surface area contributed by atoms with Crippen LogP contribution in [-0.4, -0.2) is 33.4 Å². The molecule has 1 N–H and O–H groups in total. The van der Waals surface area contributed by atoms with Crippen molar-refractivity contribution < 1.29 is 9.47 Å². The van der Waals surface area contributed by atoms with Gasteiger partial charge in [0, 0.05) is 13.7 Å². The lowest BCUT2D eigenvalue weighted by atomic mass is 10.0. The standard InChI is InChI=1S/C15H25NO2/c1-4-18-15-7-5-6-14(11-15)10-13(2)12-16-8-9-17-3/h5-7,11,13,16H,4,8-10,12H2,1-3H3. The van der Waals surface area contributed by atoms with Gasteiger partial charge in [0.05, 0.1) is 13.2 Å². The summed E-state index contributed by atoms with van der Waals surface area (Å²) >= 11 is 0. The van der Waals surface area contributed by atoms with Crippen LogP contribution >= 0.6 is 0 Å². The van der Waals surface area contributed by atoms with Gasteiger partial charge in [-0.05, 0) is 43.5 Å². The van der Waals surface area contributed by atoms with Crippen LogP contribution in [0.1, 0.15) is 19.4 Å². The molecule has 0 saturated heterocycles. The minimum absolute atomic E-state index is 0.610. The van der Waals surface area contributed by atoms with Crippen molar-refractivity contribution in [2.75, 3.05) is 33.4 Å². The van der Waals surface area contributed by atoms with Crippen LogP contribution in [0.5, 0.6) is 5.75 Å². The van der Waals surface area contributed by atoms with E-state index >= 15 is 0 Å². The normalized spacial score (nSPS) is 12.4. The molecule has 1 aromatic rings. The molecule has 0 spiro atoms. The number of methoxy groups -OCH3 is 1. The Morgan fingerprint density at radius 1 is 1.33 bits per heavy atom. The second-order valence-electron chi connectivity index (χ2n) is 4.59. The van der Waals surface area contributed by atoms with Gasteiger partial charge in [0.15, 0.2) is 0 Å². The average molecular weight is 251 g/mol. The van der Waals surface area contributed by atoms with E-state index < -0.39 is 0 Å². The molecule has 1 rings (SSSR count). The summed E-state index contributed by atoms with van der Waals surface area (Å²) in [5, 5.41) is 3.39. The molecule has 0 aliphatic heterocycles. The monoisotopic (exact) mass is 251 g/mol. The van der Waals surface area contributed by atoms with E-state index in [1.165, 1.54) is 5.56 Å². The Labute approximate surface area is 110 Å². The molecule has 0 radical (unpaired) electrons. The minimum atomic E-state index is 0.610. The lowest BCUT2D eigenvalue weighted by Crippen LogP contribution is -2.25. The van der Waals surface area contributed by atoms with Crippen LogP contribution in [0, 0.1) is 5.92 Å². The summed E-state index contributed by atoms with van der Waals surface area (Å²) in [6.07, 6.45) is 1.07. The topological polar surface area (TPSA) is 30.5 Å². The molecular weight excluding hydrogens is 226 g/mol. The first-order chi connectivity index (χ1) is 8.76. The highest BCUT2D eigenvalue weighted by molar-refractivity contribution is 5.28. The highest BCUT2D eigenvalue weighted by Crippen LogP contribution is 2.16. The molecule has 0 bridgehead atoms. The predicted octanol–water partition coefficient (Wildman–Crippen LogP) is 2.50. The second kappa shape index (κ2) is 8.95. The van der Waals surface area contributed by atoms with Gasteiger partial charge in [-0.3, -0.25) is 0 Å². The van der Waals surface area contributed by atoms with Crippen molar-refractivity contribution in [3.05, 3.63) is 29.8 Å². The van der Waals surface area contributed by atoms with Gasteiger partial charge in [0.2, 0.25) is 0 Å². The van der Waals surface area contributed by atoms with Crippen molar-refractivity contribution in [3.63, 3.8) is 0 Å². The Bertz CT molecular complexity index is 328. The van der Waals surface area contributed by atoms with Crippen LogP contribution in [0.15, 0.2) is 24.3 Å². The number of benzene rings is 1. The maximum Gasteiger partial charge on any atom is 0.119 e. The zero-order chi connectivity index (χ0) is 13.2. The number of hydrogen-bond donors (Lipinski definition) is 1. The fourth-order valence-electron chi connectivity index (χ4n) is 1.93. The number of nitrogens with one attached hydrogen (secondary N) is 1. The zero-order valence-electron chi connectivity index (χ0n) is 11.7. The lowest BCUT2D eigenvalue weighted by Gasteiger charge is -2.13. The van der Waals surface area contributed by atoms with Crippen molar-refractivity contribution in [2.24, 2.45) is 5.92 Å². The van der Waals surface area contributed by atoms with Crippen LogP contribution < -0.4 is 10.1 Å².